The van der Waals surface area contributed by atoms with E-state index in [0.717, 1.165) is 6.42 Å². The fraction of sp³-hybridized carbons (Fsp3) is 0.947. The first-order valence-corrected chi connectivity index (χ1v) is 8.88. The van der Waals surface area contributed by atoms with E-state index in [1.165, 1.54) is 0 Å². The van der Waals surface area contributed by atoms with Crippen molar-refractivity contribution in [1.29, 1.82) is 0 Å². The van der Waals surface area contributed by atoms with Gasteiger partial charge in [-0.1, -0.05) is 55.4 Å². The largest absolute Gasteiger partial charge is 0.393 e. The van der Waals surface area contributed by atoms with Crippen LogP contribution >= 0.6 is 0 Å². The van der Waals surface area contributed by atoms with Crippen molar-refractivity contribution in [1.82, 2.24) is 5.32 Å². The van der Waals surface area contributed by atoms with Crippen LogP contribution < -0.4 is 5.32 Å². The van der Waals surface area contributed by atoms with Crippen LogP contribution in [-0.4, -0.2) is 36.9 Å². The quantitative estimate of drug-likeness (QED) is 0.606. The molecule has 0 aliphatic carbocycles. The highest BCUT2D eigenvalue weighted by Gasteiger charge is 2.29. The van der Waals surface area contributed by atoms with Crippen LogP contribution in [0, 0.1) is 16.2 Å². The molecule has 1 atom stereocenters. The standard InChI is InChI=1S/C19H39NO3/c1-9-15(21)19(7,8)12-20-16(22)11-18(5,6)14-23-13-17(3,4)10-2/h15,21H,9-14H2,1-8H3,(H,20,22). The van der Waals surface area contributed by atoms with E-state index in [1.807, 2.05) is 20.8 Å². The molecule has 0 aliphatic heterocycles. The number of carbonyl (C=O) groups is 1. The maximum absolute atomic E-state index is 12.2. The van der Waals surface area contributed by atoms with Gasteiger partial charge in [0.2, 0.25) is 5.91 Å². The summed E-state index contributed by atoms with van der Waals surface area (Å²) in [7, 11) is 0. The van der Waals surface area contributed by atoms with E-state index >= 15 is 0 Å². The topological polar surface area (TPSA) is 58.6 Å². The smallest absolute Gasteiger partial charge is 0.220 e. The molecule has 0 aliphatic rings. The lowest BCUT2D eigenvalue weighted by Gasteiger charge is -2.31. The van der Waals surface area contributed by atoms with Crippen molar-refractivity contribution in [2.75, 3.05) is 19.8 Å². The number of aliphatic hydroxyl groups excluding tert-OH is 1. The van der Waals surface area contributed by atoms with Crippen LogP contribution in [0.4, 0.5) is 0 Å². The SMILES string of the molecule is CCC(O)C(C)(C)CNC(=O)CC(C)(C)COCC(C)(C)CC. The van der Waals surface area contributed by atoms with Crippen LogP contribution in [0.15, 0.2) is 0 Å². The molecular weight excluding hydrogens is 290 g/mol. The normalized spacial score (nSPS) is 14.7. The Morgan fingerprint density at radius 1 is 1.04 bits per heavy atom. The van der Waals surface area contributed by atoms with Gasteiger partial charge in [0, 0.05) is 18.4 Å². The number of hydrogen-bond acceptors (Lipinski definition) is 3. The fourth-order valence-electron chi connectivity index (χ4n) is 2.25. The fourth-order valence-corrected chi connectivity index (χ4v) is 2.25. The van der Waals surface area contributed by atoms with Crippen LogP contribution in [0.1, 0.15) is 74.7 Å². The third kappa shape index (κ3) is 9.31. The molecule has 0 spiro atoms. The van der Waals surface area contributed by atoms with Crippen molar-refractivity contribution in [2.45, 2.75) is 80.8 Å². The summed E-state index contributed by atoms with van der Waals surface area (Å²) in [6.07, 6.45) is 1.78. The Balaban J connectivity index is 4.27. The zero-order valence-electron chi connectivity index (χ0n) is 16.6. The molecule has 23 heavy (non-hydrogen) atoms. The molecule has 0 heterocycles. The van der Waals surface area contributed by atoms with Gasteiger partial charge >= 0.3 is 0 Å². The van der Waals surface area contributed by atoms with Crippen molar-refractivity contribution in [3.05, 3.63) is 0 Å². The van der Waals surface area contributed by atoms with Gasteiger partial charge in [-0.3, -0.25) is 4.79 Å². The first kappa shape index (κ1) is 22.4. The number of nitrogens with one attached hydrogen (secondary N) is 1. The zero-order valence-corrected chi connectivity index (χ0v) is 16.6. The molecule has 0 aromatic rings. The van der Waals surface area contributed by atoms with Gasteiger partial charge in [-0.25, -0.2) is 0 Å². The van der Waals surface area contributed by atoms with Gasteiger partial charge in [0.05, 0.1) is 19.3 Å². The van der Waals surface area contributed by atoms with Crippen LogP contribution in [0.5, 0.6) is 0 Å². The van der Waals surface area contributed by atoms with E-state index < -0.39 is 6.10 Å². The van der Waals surface area contributed by atoms with Crippen molar-refractivity contribution in [3.63, 3.8) is 0 Å². The second-order valence-electron chi connectivity index (χ2n) is 9.04. The molecule has 1 amide bonds. The Morgan fingerprint density at radius 2 is 1.57 bits per heavy atom. The van der Waals surface area contributed by atoms with Crippen molar-refractivity contribution in [3.8, 4) is 0 Å². The molecule has 0 radical (unpaired) electrons. The Labute approximate surface area is 143 Å². The average molecular weight is 330 g/mol. The number of hydrogen-bond donors (Lipinski definition) is 2. The summed E-state index contributed by atoms with van der Waals surface area (Å²) in [5.74, 6) is 0.0183. The average Bonchev–Trinajstić information content (AvgIpc) is 2.43. The lowest BCUT2D eigenvalue weighted by atomic mass is 9.84. The summed E-state index contributed by atoms with van der Waals surface area (Å²) in [6.45, 7) is 18.3. The second-order valence-corrected chi connectivity index (χ2v) is 9.04. The van der Waals surface area contributed by atoms with Crippen molar-refractivity contribution >= 4 is 5.91 Å². The third-order valence-electron chi connectivity index (χ3n) is 4.61. The highest BCUT2D eigenvalue weighted by atomic mass is 16.5. The summed E-state index contributed by atoms with van der Waals surface area (Å²) < 4.78 is 5.84. The Kier molecular flexibility index (Phi) is 8.79. The van der Waals surface area contributed by atoms with Crippen LogP contribution in [-0.2, 0) is 9.53 Å². The minimum Gasteiger partial charge on any atom is -0.393 e. The van der Waals surface area contributed by atoms with E-state index in [1.54, 1.807) is 0 Å². The number of rotatable bonds is 11. The first-order valence-electron chi connectivity index (χ1n) is 8.88. The summed E-state index contributed by atoms with van der Waals surface area (Å²) in [5, 5.41) is 12.9. The maximum atomic E-state index is 12.2. The molecule has 0 saturated heterocycles. The molecule has 1 unspecified atom stereocenters. The molecule has 0 saturated carbocycles. The van der Waals surface area contributed by atoms with Gasteiger partial charge < -0.3 is 15.2 Å². The van der Waals surface area contributed by atoms with Crippen LogP contribution in [0.25, 0.3) is 0 Å². The summed E-state index contributed by atoms with van der Waals surface area (Å²) in [6, 6.07) is 0. The predicted octanol–water partition coefficient (Wildman–Crippen LogP) is 3.77. The Morgan fingerprint density at radius 3 is 2.04 bits per heavy atom. The molecule has 0 aromatic carbocycles. The predicted molar refractivity (Wildman–Crippen MR) is 96.4 cm³/mol. The highest BCUT2D eigenvalue weighted by molar-refractivity contribution is 5.76. The molecule has 0 fully saturated rings. The highest BCUT2D eigenvalue weighted by Crippen LogP contribution is 2.25. The molecule has 4 nitrogen and oxygen atoms in total. The van der Waals surface area contributed by atoms with Gasteiger partial charge in [0.25, 0.3) is 0 Å². The monoisotopic (exact) mass is 329 g/mol. The van der Waals surface area contributed by atoms with Gasteiger partial charge in [0.15, 0.2) is 0 Å². The third-order valence-corrected chi connectivity index (χ3v) is 4.61. The second kappa shape index (κ2) is 9.03. The summed E-state index contributed by atoms with van der Waals surface area (Å²) in [5.41, 5.74) is -0.323. The maximum Gasteiger partial charge on any atom is 0.220 e. The van der Waals surface area contributed by atoms with E-state index in [2.05, 4.69) is 39.9 Å². The minimum absolute atomic E-state index is 0.0183. The molecule has 0 rings (SSSR count). The van der Waals surface area contributed by atoms with Crippen LogP contribution in [0.3, 0.4) is 0 Å². The zero-order chi connectivity index (χ0) is 18.3. The molecule has 2 N–H and O–H groups in total. The number of amides is 1. The molecular formula is C19H39NO3. The molecule has 138 valence electrons. The van der Waals surface area contributed by atoms with E-state index in [-0.39, 0.29) is 22.2 Å². The minimum atomic E-state index is -0.407. The van der Waals surface area contributed by atoms with Gasteiger partial charge in [-0.2, -0.15) is 0 Å². The lowest BCUT2D eigenvalue weighted by molar-refractivity contribution is -0.125. The van der Waals surface area contributed by atoms with Gasteiger partial charge in [-0.15, -0.1) is 0 Å². The van der Waals surface area contributed by atoms with E-state index in [9.17, 15) is 9.90 Å². The van der Waals surface area contributed by atoms with Gasteiger partial charge in [-0.05, 0) is 23.7 Å². The number of aliphatic hydroxyl groups is 1. The number of carbonyl (C=O) groups excluding carboxylic acids is 1. The van der Waals surface area contributed by atoms with Crippen molar-refractivity contribution in [2.24, 2.45) is 16.2 Å². The van der Waals surface area contributed by atoms with Gasteiger partial charge in [0.1, 0.15) is 0 Å². The summed E-state index contributed by atoms with van der Waals surface area (Å²) in [4.78, 5) is 12.2. The van der Waals surface area contributed by atoms with E-state index in [0.29, 0.717) is 32.6 Å². The van der Waals surface area contributed by atoms with Crippen LogP contribution in [0.2, 0.25) is 0 Å². The molecule has 0 aromatic heterocycles. The lowest BCUT2D eigenvalue weighted by Crippen LogP contribution is -2.42. The van der Waals surface area contributed by atoms with Crippen molar-refractivity contribution < 1.29 is 14.6 Å². The Bertz CT molecular complexity index is 362. The van der Waals surface area contributed by atoms with E-state index in [4.69, 9.17) is 4.74 Å². The summed E-state index contributed by atoms with van der Waals surface area (Å²) >= 11 is 0. The Hall–Kier alpha value is -0.610. The molecule has 4 heteroatoms. The molecule has 0 bridgehead atoms. The number of ether oxygens (including phenoxy) is 1. The first-order chi connectivity index (χ1) is 10.4.